The van der Waals surface area contributed by atoms with Crippen LogP contribution >= 0.6 is 0 Å². The van der Waals surface area contributed by atoms with Crippen molar-refractivity contribution in [1.29, 1.82) is 0 Å². The van der Waals surface area contributed by atoms with Gasteiger partial charge in [-0.2, -0.15) is 0 Å². The van der Waals surface area contributed by atoms with Crippen LogP contribution in [0.15, 0.2) is 30.3 Å². The number of carboxylic acids is 1. The van der Waals surface area contributed by atoms with Crippen molar-refractivity contribution >= 4 is 11.9 Å². The van der Waals surface area contributed by atoms with Crippen LogP contribution in [-0.2, 0) is 20.7 Å². The predicted octanol–water partition coefficient (Wildman–Crippen LogP) is 2.42. The van der Waals surface area contributed by atoms with Crippen molar-refractivity contribution in [2.45, 2.75) is 32.1 Å². The van der Waals surface area contributed by atoms with Crippen LogP contribution in [0.2, 0.25) is 0 Å². The second kappa shape index (κ2) is 8.28. The van der Waals surface area contributed by atoms with Crippen molar-refractivity contribution in [2.75, 3.05) is 6.61 Å². The Balaban J connectivity index is 2.05. The summed E-state index contributed by atoms with van der Waals surface area (Å²) in [6, 6.07) is 9.81. The summed E-state index contributed by atoms with van der Waals surface area (Å²) in [5.74, 6) is -1.08. The summed E-state index contributed by atoms with van der Waals surface area (Å²) in [5.41, 5.74) is 1.14. The van der Waals surface area contributed by atoms with Crippen molar-refractivity contribution in [2.24, 2.45) is 0 Å². The molecule has 0 amide bonds. The minimum atomic E-state index is -0.826. The third kappa shape index (κ3) is 6.68. The molecule has 1 aromatic carbocycles. The molecular weight excluding hydrogens is 232 g/mol. The standard InChI is InChI=1S/C14H18O4/c15-13(16)8-4-5-9-14(17)18-11-10-12-6-2-1-3-7-12/h1-3,6-7H,4-5,8-11H2,(H,15,16). The Morgan fingerprint density at radius 1 is 1.06 bits per heavy atom. The number of carboxylic acid groups (broad SMARTS) is 1. The highest BCUT2D eigenvalue weighted by Gasteiger charge is 2.04. The van der Waals surface area contributed by atoms with E-state index >= 15 is 0 Å². The molecule has 1 aromatic rings. The molecule has 0 aromatic heterocycles. The van der Waals surface area contributed by atoms with Gasteiger partial charge in [-0.25, -0.2) is 0 Å². The number of benzene rings is 1. The molecule has 4 heteroatoms. The van der Waals surface area contributed by atoms with Crippen LogP contribution in [0.1, 0.15) is 31.2 Å². The summed E-state index contributed by atoms with van der Waals surface area (Å²) in [5, 5.41) is 8.43. The van der Waals surface area contributed by atoms with Gasteiger partial charge in [0, 0.05) is 19.3 Å². The lowest BCUT2D eigenvalue weighted by Crippen LogP contribution is -2.07. The molecule has 0 heterocycles. The van der Waals surface area contributed by atoms with E-state index in [1.54, 1.807) is 0 Å². The fourth-order valence-corrected chi connectivity index (χ4v) is 1.55. The average Bonchev–Trinajstić information content (AvgIpc) is 2.36. The van der Waals surface area contributed by atoms with Gasteiger partial charge >= 0.3 is 11.9 Å². The van der Waals surface area contributed by atoms with E-state index in [1.807, 2.05) is 30.3 Å². The molecule has 1 rings (SSSR count). The number of rotatable bonds is 8. The first-order chi connectivity index (χ1) is 8.68. The smallest absolute Gasteiger partial charge is 0.305 e. The van der Waals surface area contributed by atoms with Crippen LogP contribution in [0.3, 0.4) is 0 Å². The van der Waals surface area contributed by atoms with Crippen LogP contribution in [0, 0.1) is 0 Å². The maximum atomic E-state index is 11.3. The monoisotopic (exact) mass is 250 g/mol. The minimum absolute atomic E-state index is 0.108. The number of ether oxygens (including phenoxy) is 1. The lowest BCUT2D eigenvalue weighted by Gasteiger charge is -2.04. The van der Waals surface area contributed by atoms with Crippen LogP contribution in [0.4, 0.5) is 0 Å². The Hall–Kier alpha value is -1.84. The van der Waals surface area contributed by atoms with Gasteiger partial charge in [-0.3, -0.25) is 9.59 Å². The summed E-state index contributed by atoms with van der Waals surface area (Å²) in [6.07, 6.45) is 2.20. The van der Waals surface area contributed by atoms with E-state index in [0.717, 1.165) is 5.56 Å². The fraction of sp³-hybridized carbons (Fsp3) is 0.429. The van der Waals surface area contributed by atoms with E-state index in [2.05, 4.69) is 0 Å². The number of hydrogen-bond acceptors (Lipinski definition) is 3. The molecule has 0 aliphatic carbocycles. The first-order valence-corrected chi connectivity index (χ1v) is 6.10. The summed E-state index contributed by atoms with van der Waals surface area (Å²) in [6.45, 7) is 0.377. The topological polar surface area (TPSA) is 63.6 Å². The number of carbonyl (C=O) groups is 2. The van der Waals surface area contributed by atoms with E-state index in [9.17, 15) is 9.59 Å². The quantitative estimate of drug-likeness (QED) is 0.568. The Bertz CT molecular complexity index is 373. The molecule has 0 spiro atoms. The maximum Gasteiger partial charge on any atom is 0.305 e. The van der Waals surface area contributed by atoms with Gasteiger partial charge in [0.1, 0.15) is 0 Å². The van der Waals surface area contributed by atoms with Crippen LogP contribution < -0.4 is 0 Å². The molecule has 1 N–H and O–H groups in total. The van der Waals surface area contributed by atoms with Gasteiger partial charge in [-0.15, -0.1) is 0 Å². The van der Waals surface area contributed by atoms with Gasteiger partial charge in [0.25, 0.3) is 0 Å². The summed E-state index contributed by atoms with van der Waals surface area (Å²) < 4.78 is 5.07. The van der Waals surface area contributed by atoms with Gasteiger partial charge in [-0.1, -0.05) is 30.3 Å². The van der Waals surface area contributed by atoms with Gasteiger partial charge in [0.15, 0.2) is 0 Å². The predicted molar refractivity (Wildman–Crippen MR) is 67.2 cm³/mol. The van der Waals surface area contributed by atoms with Crippen LogP contribution in [-0.4, -0.2) is 23.7 Å². The largest absolute Gasteiger partial charge is 0.481 e. The number of unbranched alkanes of at least 4 members (excludes halogenated alkanes) is 1. The fourth-order valence-electron chi connectivity index (χ4n) is 1.55. The molecule has 0 aliphatic heterocycles. The highest BCUT2D eigenvalue weighted by molar-refractivity contribution is 5.69. The van der Waals surface area contributed by atoms with Crippen LogP contribution in [0.5, 0.6) is 0 Å². The first-order valence-electron chi connectivity index (χ1n) is 6.10. The molecule has 0 saturated heterocycles. The third-order valence-electron chi connectivity index (χ3n) is 2.52. The third-order valence-corrected chi connectivity index (χ3v) is 2.52. The molecule has 18 heavy (non-hydrogen) atoms. The SMILES string of the molecule is O=C(O)CCCCC(=O)OCCc1ccccc1. The van der Waals surface area contributed by atoms with E-state index in [1.165, 1.54) is 0 Å². The zero-order valence-electron chi connectivity index (χ0n) is 10.3. The van der Waals surface area contributed by atoms with E-state index in [0.29, 0.717) is 32.3 Å². The van der Waals surface area contributed by atoms with Crippen molar-refractivity contribution < 1.29 is 19.4 Å². The Kier molecular flexibility index (Phi) is 6.54. The van der Waals surface area contributed by atoms with Gasteiger partial charge < -0.3 is 9.84 Å². The number of aliphatic carboxylic acids is 1. The Morgan fingerprint density at radius 3 is 2.39 bits per heavy atom. The van der Waals surface area contributed by atoms with Gasteiger partial charge in [0.05, 0.1) is 6.61 Å². The zero-order chi connectivity index (χ0) is 13.2. The second-order valence-corrected chi connectivity index (χ2v) is 4.06. The molecule has 0 aliphatic rings. The minimum Gasteiger partial charge on any atom is -0.481 e. The molecule has 0 bridgehead atoms. The van der Waals surface area contributed by atoms with E-state index < -0.39 is 5.97 Å². The van der Waals surface area contributed by atoms with E-state index in [-0.39, 0.29) is 12.4 Å². The number of esters is 1. The molecule has 4 nitrogen and oxygen atoms in total. The van der Waals surface area contributed by atoms with Gasteiger partial charge in [0.2, 0.25) is 0 Å². The molecule has 0 radical (unpaired) electrons. The Labute approximate surface area is 107 Å². The second-order valence-electron chi connectivity index (χ2n) is 4.06. The lowest BCUT2D eigenvalue weighted by atomic mass is 10.2. The molecule has 0 atom stereocenters. The zero-order valence-corrected chi connectivity index (χ0v) is 10.3. The highest BCUT2D eigenvalue weighted by atomic mass is 16.5. The molecule has 98 valence electrons. The average molecular weight is 250 g/mol. The maximum absolute atomic E-state index is 11.3. The molecule has 0 unspecified atom stereocenters. The highest BCUT2D eigenvalue weighted by Crippen LogP contribution is 2.03. The van der Waals surface area contributed by atoms with E-state index in [4.69, 9.17) is 9.84 Å². The Morgan fingerprint density at radius 2 is 1.72 bits per heavy atom. The lowest BCUT2D eigenvalue weighted by molar-refractivity contribution is -0.144. The van der Waals surface area contributed by atoms with Crippen molar-refractivity contribution in [3.63, 3.8) is 0 Å². The molecule has 0 fully saturated rings. The van der Waals surface area contributed by atoms with Crippen molar-refractivity contribution in [1.82, 2.24) is 0 Å². The summed E-state index contributed by atoms with van der Waals surface area (Å²) in [7, 11) is 0. The normalized spacial score (nSPS) is 10.0. The number of carbonyl (C=O) groups excluding carboxylic acids is 1. The molecule has 0 saturated carbocycles. The van der Waals surface area contributed by atoms with Gasteiger partial charge in [-0.05, 0) is 18.4 Å². The van der Waals surface area contributed by atoms with Crippen molar-refractivity contribution in [3.05, 3.63) is 35.9 Å². The van der Waals surface area contributed by atoms with Crippen molar-refractivity contribution in [3.8, 4) is 0 Å². The summed E-state index contributed by atoms with van der Waals surface area (Å²) >= 11 is 0. The number of hydrogen-bond donors (Lipinski definition) is 1. The first kappa shape index (κ1) is 14.2. The molecular formula is C14H18O4. The van der Waals surface area contributed by atoms with Crippen LogP contribution in [0.25, 0.3) is 0 Å². The summed E-state index contributed by atoms with van der Waals surface area (Å²) in [4.78, 5) is 21.6.